The topological polar surface area (TPSA) is 63.2 Å². The lowest BCUT2D eigenvalue weighted by molar-refractivity contribution is -0.143. The molecule has 7 heteroatoms. The molecule has 0 unspecified atom stereocenters. The standard InChI is InChI=1S/C30H33FO6/c1-20(23-11-16-27(26(31)17-23)37-29(32)30(2,3)4)28(21-7-12-24(13-8-21)35-18-33-5)22-9-14-25(15-10-22)36-19-34-6/h7-17H,18-19H2,1-6H3. The van der Waals surface area contributed by atoms with E-state index in [0.717, 1.165) is 22.3 Å². The Bertz CT molecular complexity index is 1170. The van der Waals surface area contributed by atoms with Crippen LogP contribution in [0.3, 0.4) is 0 Å². The van der Waals surface area contributed by atoms with Crippen LogP contribution < -0.4 is 14.2 Å². The molecule has 0 aliphatic rings. The molecule has 0 radical (unpaired) electrons. The van der Waals surface area contributed by atoms with Gasteiger partial charge in [0.2, 0.25) is 0 Å². The van der Waals surface area contributed by atoms with Crippen LogP contribution in [-0.2, 0) is 14.3 Å². The van der Waals surface area contributed by atoms with Crippen molar-refractivity contribution < 1.29 is 32.9 Å². The average molecular weight is 509 g/mol. The fraction of sp³-hybridized carbons (Fsp3) is 0.300. The number of benzene rings is 3. The second-order valence-corrected chi connectivity index (χ2v) is 9.44. The van der Waals surface area contributed by atoms with Crippen molar-refractivity contribution in [2.45, 2.75) is 27.7 Å². The normalized spacial score (nSPS) is 11.1. The van der Waals surface area contributed by atoms with Crippen molar-refractivity contribution in [3.05, 3.63) is 89.2 Å². The maximum atomic E-state index is 15.0. The van der Waals surface area contributed by atoms with Crippen molar-refractivity contribution in [3.8, 4) is 17.2 Å². The fourth-order valence-corrected chi connectivity index (χ4v) is 3.50. The van der Waals surface area contributed by atoms with Gasteiger partial charge in [-0.05, 0) is 91.9 Å². The Hall–Kier alpha value is -3.68. The molecule has 37 heavy (non-hydrogen) atoms. The molecule has 0 saturated heterocycles. The Labute approximate surface area is 217 Å². The van der Waals surface area contributed by atoms with Crippen LogP contribution in [0.25, 0.3) is 11.1 Å². The lowest BCUT2D eigenvalue weighted by atomic mass is 9.90. The second-order valence-electron chi connectivity index (χ2n) is 9.44. The van der Waals surface area contributed by atoms with Gasteiger partial charge in [0.05, 0.1) is 5.41 Å². The van der Waals surface area contributed by atoms with E-state index in [2.05, 4.69) is 0 Å². The van der Waals surface area contributed by atoms with Crippen molar-refractivity contribution in [1.82, 2.24) is 0 Å². The van der Waals surface area contributed by atoms with Crippen LogP contribution in [0.15, 0.2) is 66.7 Å². The number of esters is 1. The summed E-state index contributed by atoms with van der Waals surface area (Å²) >= 11 is 0. The highest BCUT2D eigenvalue weighted by molar-refractivity contribution is 5.98. The van der Waals surface area contributed by atoms with E-state index < -0.39 is 17.2 Å². The lowest BCUT2D eigenvalue weighted by Crippen LogP contribution is -2.25. The number of carbonyl (C=O) groups excluding carboxylic acids is 1. The maximum Gasteiger partial charge on any atom is 0.316 e. The molecule has 0 fully saturated rings. The SMILES string of the molecule is COCOc1ccc(C(=C(C)c2ccc(OC(=O)C(C)(C)C)c(F)c2)c2ccc(OCOC)cc2)cc1. The Kier molecular flexibility index (Phi) is 9.44. The molecule has 0 N–H and O–H groups in total. The summed E-state index contributed by atoms with van der Waals surface area (Å²) in [7, 11) is 3.13. The Morgan fingerprint density at radius 3 is 1.62 bits per heavy atom. The van der Waals surface area contributed by atoms with Crippen molar-refractivity contribution in [2.24, 2.45) is 5.41 Å². The minimum atomic E-state index is -0.744. The first-order valence-corrected chi connectivity index (χ1v) is 11.8. The molecule has 0 atom stereocenters. The van der Waals surface area contributed by atoms with E-state index in [4.69, 9.17) is 23.7 Å². The van der Waals surface area contributed by atoms with E-state index >= 15 is 4.39 Å². The quantitative estimate of drug-likeness (QED) is 0.131. The predicted molar refractivity (Wildman–Crippen MR) is 141 cm³/mol. The molecule has 0 amide bonds. The third kappa shape index (κ3) is 7.41. The van der Waals surface area contributed by atoms with Crippen molar-refractivity contribution in [2.75, 3.05) is 27.8 Å². The molecule has 196 valence electrons. The molecule has 3 rings (SSSR count). The van der Waals surface area contributed by atoms with Crippen molar-refractivity contribution in [3.63, 3.8) is 0 Å². The van der Waals surface area contributed by atoms with Gasteiger partial charge in [0.15, 0.2) is 25.2 Å². The van der Waals surface area contributed by atoms with Crippen LogP contribution in [0, 0.1) is 11.2 Å². The third-order valence-electron chi connectivity index (χ3n) is 5.53. The summed E-state index contributed by atoms with van der Waals surface area (Å²) in [5.74, 6) is 0.125. The smallest absolute Gasteiger partial charge is 0.316 e. The highest BCUT2D eigenvalue weighted by Gasteiger charge is 2.25. The van der Waals surface area contributed by atoms with E-state index in [0.29, 0.717) is 17.1 Å². The minimum absolute atomic E-state index is 0.0997. The summed E-state index contributed by atoms with van der Waals surface area (Å²) in [6.45, 7) is 7.38. The van der Waals surface area contributed by atoms with Gasteiger partial charge in [-0.25, -0.2) is 4.39 Å². The van der Waals surface area contributed by atoms with E-state index in [-0.39, 0.29) is 19.3 Å². The van der Waals surface area contributed by atoms with Gasteiger partial charge in [-0.1, -0.05) is 30.3 Å². The Morgan fingerprint density at radius 2 is 1.22 bits per heavy atom. The van der Waals surface area contributed by atoms with E-state index in [1.54, 1.807) is 41.1 Å². The van der Waals surface area contributed by atoms with Crippen LogP contribution in [0.2, 0.25) is 0 Å². The summed E-state index contributed by atoms with van der Waals surface area (Å²) in [5.41, 5.74) is 3.47. The predicted octanol–water partition coefficient (Wildman–Crippen LogP) is 6.72. The first kappa shape index (κ1) is 27.9. The van der Waals surface area contributed by atoms with Gasteiger partial charge in [-0.3, -0.25) is 4.79 Å². The number of rotatable bonds is 10. The zero-order valence-corrected chi connectivity index (χ0v) is 22.1. The van der Waals surface area contributed by atoms with Crippen LogP contribution in [0.4, 0.5) is 4.39 Å². The van der Waals surface area contributed by atoms with Crippen molar-refractivity contribution in [1.29, 1.82) is 0 Å². The van der Waals surface area contributed by atoms with Crippen molar-refractivity contribution >= 4 is 17.1 Å². The molecule has 3 aromatic carbocycles. The van der Waals surface area contributed by atoms with E-state index in [1.165, 1.54) is 12.1 Å². The highest BCUT2D eigenvalue weighted by Crippen LogP contribution is 2.35. The average Bonchev–Trinajstić information content (AvgIpc) is 2.88. The molecule has 0 heterocycles. The van der Waals surface area contributed by atoms with Gasteiger partial charge in [0, 0.05) is 14.2 Å². The lowest BCUT2D eigenvalue weighted by Gasteiger charge is -2.18. The summed E-state index contributed by atoms with van der Waals surface area (Å²) in [6, 6.07) is 19.8. The Balaban J connectivity index is 2.04. The summed E-state index contributed by atoms with van der Waals surface area (Å²) in [6.07, 6.45) is 0. The van der Waals surface area contributed by atoms with E-state index in [1.807, 2.05) is 55.5 Å². The number of ether oxygens (including phenoxy) is 5. The number of hydrogen-bond donors (Lipinski definition) is 0. The van der Waals surface area contributed by atoms with Crippen LogP contribution in [0.1, 0.15) is 44.4 Å². The largest absolute Gasteiger partial charge is 0.468 e. The molecule has 3 aromatic rings. The van der Waals surface area contributed by atoms with Crippen LogP contribution in [-0.4, -0.2) is 33.8 Å². The minimum Gasteiger partial charge on any atom is -0.468 e. The van der Waals surface area contributed by atoms with Gasteiger partial charge >= 0.3 is 5.97 Å². The molecule has 6 nitrogen and oxygen atoms in total. The van der Waals surface area contributed by atoms with Gasteiger partial charge in [0.25, 0.3) is 0 Å². The molecule has 0 aliphatic heterocycles. The first-order valence-electron chi connectivity index (χ1n) is 11.8. The molecule has 0 aliphatic carbocycles. The summed E-state index contributed by atoms with van der Waals surface area (Å²) in [5, 5.41) is 0. The molecular weight excluding hydrogens is 475 g/mol. The van der Waals surface area contributed by atoms with Gasteiger partial charge in [-0.15, -0.1) is 0 Å². The maximum absolute atomic E-state index is 15.0. The number of halogens is 1. The van der Waals surface area contributed by atoms with E-state index in [9.17, 15) is 4.79 Å². The first-order chi connectivity index (χ1) is 17.6. The zero-order chi connectivity index (χ0) is 27.0. The number of carbonyl (C=O) groups is 1. The second kappa shape index (κ2) is 12.5. The highest BCUT2D eigenvalue weighted by atomic mass is 19.1. The molecular formula is C30H33FO6. The number of hydrogen-bond acceptors (Lipinski definition) is 6. The number of methoxy groups -OCH3 is 2. The monoisotopic (exact) mass is 508 g/mol. The van der Waals surface area contributed by atoms with Gasteiger partial charge in [0.1, 0.15) is 11.5 Å². The zero-order valence-electron chi connectivity index (χ0n) is 22.1. The van der Waals surface area contributed by atoms with Gasteiger partial charge < -0.3 is 23.7 Å². The molecule has 0 aromatic heterocycles. The summed E-state index contributed by atoms with van der Waals surface area (Å²) in [4.78, 5) is 12.2. The summed E-state index contributed by atoms with van der Waals surface area (Å²) < 4.78 is 41.3. The molecule has 0 saturated carbocycles. The Morgan fingerprint density at radius 1 is 0.757 bits per heavy atom. The van der Waals surface area contributed by atoms with Crippen LogP contribution >= 0.6 is 0 Å². The van der Waals surface area contributed by atoms with Crippen LogP contribution in [0.5, 0.6) is 17.2 Å². The molecule has 0 bridgehead atoms. The number of allylic oxidation sites excluding steroid dienone is 1. The molecule has 0 spiro atoms. The fourth-order valence-electron chi connectivity index (χ4n) is 3.50. The van der Waals surface area contributed by atoms with Gasteiger partial charge in [-0.2, -0.15) is 0 Å². The third-order valence-corrected chi connectivity index (χ3v) is 5.53.